The van der Waals surface area contributed by atoms with E-state index in [0.717, 1.165) is 39.1 Å². The summed E-state index contributed by atoms with van der Waals surface area (Å²) in [5.41, 5.74) is 8.59. The van der Waals surface area contributed by atoms with Crippen LogP contribution < -0.4 is 11.1 Å². The van der Waals surface area contributed by atoms with Crippen molar-refractivity contribution in [1.29, 1.82) is 0 Å². The van der Waals surface area contributed by atoms with Crippen LogP contribution in [-0.4, -0.2) is 30.6 Å². The average Bonchev–Trinajstić information content (AvgIpc) is 2.46. The van der Waals surface area contributed by atoms with Crippen LogP contribution in [-0.2, 0) is 13.1 Å². The van der Waals surface area contributed by atoms with E-state index in [1.54, 1.807) is 0 Å². The summed E-state index contributed by atoms with van der Waals surface area (Å²) in [5.74, 6) is 0. The van der Waals surface area contributed by atoms with Crippen molar-refractivity contribution >= 4 is 0 Å². The van der Waals surface area contributed by atoms with Gasteiger partial charge in [-0.05, 0) is 30.6 Å². The number of benzene rings is 1. The van der Waals surface area contributed by atoms with E-state index in [9.17, 15) is 0 Å². The Balaban J connectivity index is 2.39. The Labute approximate surface area is 118 Å². The molecule has 19 heavy (non-hydrogen) atoms. The molecular formula is C16H29N3. The molecule has 3 nitrogen and oxygen atoms in total. The van der Waals surface area contributed by atoms with Crippen LogP contribution in [0.5, 0.6) is 0 Å². The van der Waals surface area contributed by atoms with Gasteiger partial charge in [0, 0.05) is 25.7 Å². The lowest BCUT2D eigenvalue weighted by atomic mass is 10.1. The molecule has 0 aliphatic carbocycles. The van der Waals surface area contributed by atoms with E-state index < -0.39 is 0 Å². The Kier molecular flexibility index (Phi) is 7.72. The maximum atomic E-state index is 5.88. The normalized spacial score (nSPS) is 12.9. The lowest BCUT2D eigenvalue weighted by Crippen LogP contribution is -2.32. The SMILES string of the molecule is CCC(N)CNCc1ccc(CN(CC)CC)cc1. The van der Waals surface area contributed by atoms with Crippen molar-refractivity contribution in [2.24, 2.45) is 5.73 Å². The fourth-order valence-corrected chi connectivity index (χ4v) is 2.01. The minimum atomic E-state index is 0.266. The van der Waals surface area contributed by atoms with Gasteiger partial charge in [0.05, 0.1) is 0 Å². The first-order valence-corrected chi connectivity index (χ1v) is 7.46. The number of nitrogens with two attached hydrogens (primary N) is 1. The fraction of sp³-hybridized carbons (Fsp3) is 0.625. The first kappa shape index (κ1) is 16.2. The van der Waals surface area contributed by atoms with Gasteiger partial charge >= 0.3 is 0 Å². The van der Waals surface area contributed by atoms with E-state index in [4.69, 9.17) is 5.73 Å². The summed E-state index contributed by atoms with van der Waals surface area (Å²) in [5, 5.41) is 3.40. The summed E-state index contributed by atoms with van der Waals surface area (Å²) >= 11 is 0. The molecule has 0 spiro atoms. The molecule has 0 aromatic heterocycles. The number of hydrogen-bond donors (Lipinski definition) is 2. The van der Waals surface area contributed by atoms with Crippen molar-refractivity contribution in [2.75, 3.05) is 19.6 Å². The van der Waals surface area contributed by atoms with Gasteiger partial charge < -0.3 is 11.1 Å². The summed E-state index contributed by atoms with van der Waals surface area (Å²) in [6, 6.07) is 9.15. The summed E-state index contributed by atoms with van der Waals surface area (Å²) in [4.78, 5) is 2.42. The highest BCUT2D eigenvalue weighted by Gasteiger charge is 2.02. The smallest absolute Gasteiger partial charge is 0.0233 e. The summed E-state index contributed by atoms with van der Waals surface area (Å²) < 4.78 is 0. The topological polar surface area (TPSA) is 41.3 Å². The molecular weight excluding hydrogens is 234 g/mol. The lowest BCUT2D eigenvalue weighted by molar-refractivity contribution is 0.296. The molecule has 0 amide bonds. The van der Waals surface area contributed by atoms with Crippen LogP contribution in [0.1, 0.15) is 38.3 Å². The summed E-state index contributed by atoms with van der Waals surface area (Å²) in [7, 11) is 0. The number of nitrogens with one attached hydrogen (secondary N) is 1. The molecule has 1 atom stereocenters. The second-order valence-electron chi connectivity index (χ2n) is 5.08. The molecule has 0 heterocycles. The zero-order valence-electron chi connectivity index (χ0n) is 12.7. The van der Waals surface area contributed by atoms with Crippen molar-refractivity contribution in [3.05, 3.63) is 35.4 Å². The molecule has 1 unspecified atom stereocenters. The Morgan fingerprint density at radius 1 is 1.05 bits per heavy atom. The van der Waals surface area contributed by atoms with Crippen molar-refractivity contribution in [3.8, 4) is 0 Å². The Morgan fingerprint density at radius 3 is 2.16 bits per heavy atom. The molecule has 0 radical (unpaired) electrons. The Morgan fingerprint density at radius 2 is 1.63 bits per heavy atom. The van der Waals surface area contributed by atoms with E-state index >= 15 is 0 Å². The van der Waals surface area contributed by atoms with Gasteiger partial charge in [0.15, 0.2) is 0 Å². The molecule has 0 saturated carbocycles. The third-order valence-electron chi connectivity index (χ3n) is 3.58. The molecule has 0 aliphatic heterocycles. The molecule has 0 saturated heterocycles. The van der Waals surface area contributed by atoms with Crippen LogP contribution in [0.2, 0.25) is 0 Å². The minimum absolute atomic E-state index is 0.266. The number of nitrogens with zero attached hydrogens (tertiary/aromatic N) is 1. The average molecular weight is 263 g/mol. The van der Waals surface area contributed by atoms with Gasteiger partial charge in [0.1, 0.15) is 0 Å². The van der Waals surface area contributed by atoms with Gasteiger partial charge in [-0.2, -0.15) is 0 Å². The number of hydrogen-bond acceptors (Lipinski definition) is 3. The maximum Gasteiger partial charge on any atom is 0.0233 e. The molecule has 1 rings (SSSR count). The van der Waals surface area contributed by atoms with Crippen molar-refractivity contribution < 1.29 is 0 Å². The van der Waals surface area contributed by atoms with Crippen LogP contribution in [0, 0.1) is 0 Å². The third kappa shape index (κ3) is 6.19. The highest BCUT2D eigenvalue weighted by atomic mass is 15.1. The largest absolute Gasteiger partial charge is 0.327 e. The summed E-state index contributed by atoms with van der Waals surface area (Å²) in [6.45, 7) is 11.6. The summed E-state index contributed by atoms with van der Waals surface area (Å²) in [6.07, 6.45) is 1.02. The molecule has 0 aliphatic rings. The predicted octanol–water partition coefficient (Wildman–Crippen LogP) is 2.36. The van der Waals surface area contributed by atoms with Crippen molar-refractivity contribution in [1.82, 2.24) is 10.2 Å². The van der Waals surface area contributed by atoms with Gasteiger partial charge in [-0.3, -0.25) is 4.90 Å². The van der Waals surface area contributed by atoms with E-state index in [2.05, 4.69) is 55.3 Å². The molecule has 1 aromatic rings. The third-order valence-corrected chi connectivity index (χ3v) is 3.58. The monoisotopic (exact) mass is 263 g/mol. The second kappa shape index (κ2) is 9.08. The highest BCUT2D eigenvalue weighted by Crippen LogP contribution is 2.07. The second-order valence-corrected chi connectivity index (χ2v) is 5.08. The molecule has 3 N–H and O–H groups in total. The molecule has 1 aromatic carbocycles. The van der Waals surface area contributed by atoms with Crippen LogP contribution >= 0.6 is 0 Å². The standard InChI is InChI=1S/C16H29N3/c1-4-16(17)12-18-11-14-7-9-15(10-8-14)13-19(5-2)6-3/h7-10,16,18H,4-6,11-13,17H2,1-3H3. The Bertz CT molecular complexity index is 330. The van der Waals surface area contributed by atoms with Crippen molar-refractivity contribution in [3.63, 3.8) is 0 Å². The molecule has 0 fully saturated rings. The first-order chi connectivity index (χ1) is 9.19. The molecule has 0 bridgehead atoms. The van der Waals surface area contributed by atoms with Gasteiger partial charge in [0.2, 0.25) is 0 Å². The van der Waals surface area contributed by atoms with Crippen LogP contribution in [0.3, 0.4) is 0 Å². The Hall–Kier alpha value is -0.900. The quantitative estimate of drug-likeness (QED) is 0.718. The van der Waals surface area contributed by atoms with E-state index in [-0.39, 0.29) is 6.04 Å². The van der Waals surface area contributed by atoms with Gasteiger partial charge in [-0.25, -0.2) is 0 Å². The van der Waals surface area contributed by atoms with E-state index in [0.29, 0.717) is 0 Å². The first-order valence-electron chi connectivity index (χ1n) is 7.46. The van der Waals surface area contributed by atoms with Crippen LogP contribution in [0.4, 0.5) is 0 Å². The van der Waals surface area contributed by atoms with Crippen LogP contribution in [0.15, 0.2) is 24.3 Å². The van der Waals surface area contributed by atoms with Gasteiger partial charge in [-0.15, -0.1) is 0 Å². The van der Waals surface area contributed by atoms with E-state index in [1.165, 1.54) is 11.1 Å². The molecule has 3 heteroatoms. The van der Waals surface area contributed by atoms with Gasteiger partial charge in [-0.1, -0.05) is 45.0 Å². The minimum Gasteiger partial charge on any atom is -0.327 e. The number of rotatable bonds is 9. The maximum absolute atomic E-state index is 5.88. The van der Waals surface area contributed by atoms with Crippen molar-refractivity contribution in [2.45, 2.75) is 46.3 Å². The van der Waals surface area contributed by atoms with Gasteiger partial charge in [0.25, 0.3) is 0 Å². The van der Waals surface area contributed by atoms with Crippen LogP contribution in [0.25, 0.3) is 0 Å². The fourth-order valence-electron chi connectivity index (χ4n) is 2.01. The lowest BCUT2D eigenvalue weighted by Gasteiger charge is -2.18. The predicted molar refractivity (Wildman–Crippen MR) is 83.0 cm³/mol. The zero-order chi connectivity index (χ0) is 14.1. The highest BCUT2D eigenvalue weighted by molar-refractivity contribution is 5.22. The molecule has 108 valence electrons. The van der Waals surface area contributed by atoms with E-state index in [1.807, 2.05) is 0 Å². The zero-order valence-corrected chi connectivity index (χ0v) is 12.7.